The Kier molecular flexibility index (Phi) is 5.68. The minimum Gasteiger partial charge on any atom is -0.397 e. The monoisotopic (exact) mass is 416 g/mol. The van der Waals surface area contributed by atoms with E-state index in [1.165, 1.54) is 0 Å². The van der Waals surface area contributed by atoms with Gasteiger partial charge in [0.2, 0.25) is 0 Å². The van der Waals surface area contributed by atoms with Gasteiger partial charge in [-0.2, -0.15) is 0 Å². The highest BCUT2D eigenvalue weighted by Crippen LogP contribution is 2.36. The Morgan fingerprint density at radius 3 is 2.43 bits per heavy atom. The van der Waals surface area contributed by atoms with Gasteiger partial charge in [0, 0.05) is 34.3 Å². The van der Waals surface area contributed by atoms with Crippen molar-refractivity contribution in [2.75, 3.05) is 11.1 Å². The van der Waals surface area contributed by atoms with Crippen molar-refractivity contribution in [1.29, 1.82) is 0 Å². The topological polar surface area (TPSA) is 72.2 Å². The fourth-order valence-corrected chi connectivity index (χ4v) is 4.03. The molecule has 30 heavy (non-hydrogen) atoms. The summed E-state index contributed by atoms with van der Waals surface area (Å²) >= 11 is 6.34. The van der Waals surface area contributed by atoms with Crippen molar-refractivity contribution >= 4 is 34.5 Å². The second kappa shape index (κ2) is 8.56. The average Bonchev–Trinajstić information content (AvgIpc) is 2.75. The first kappa shape index (κ1) is 19.9. The SMILES string of the molecule is Nc1ccc(C(=O)c2ccccc2)cc1NC1=CC(=O)CC(c2ccccc2Cl)C1. The van der Waals surface area contributed by atoms with Gasteiger partial charge in [-0.15, -0.1) is 0 Å². The van der Waals surface area contributed by atoms with Crippen LogP contribution in [0.1, 0.15) is 40.2 Å². The van der Waals surface area contributed by atoms with E-state index in [-0.39, 0.29) is 17.5 Å². The molecule has 1 unspecified atom stereocenters. The molecule has 1 atom stereocenters. The summed E-state index contributed by atoms with van der Waals surface area (Å²) in [4.78, 5) is 25.1. The number of hydrogen-bond acceptors (Lipinski definition) is 4. The number of allylic oxidation sites excluding steroid dienone is 2. The summed E-state index contributed by atoms with van der Waals surface area (Å²) in [5.74, 6) is -0.0564. The quantitative estimate of drug-likeness (QED) is 0.419. The van der Waals surface area contributed by atoms with Crippen molar-refractivity contribution in [1.82, 2.24) is 0 Å². The Bertz CT molecular complexity index is 1140. The van der Waals surface area contributed by atoms with Crippen molar-refractivity contribution in [2.45, 2.75) is 18.8 Å². The van der Waals surface area contributed by atoms with E-state index in [9.17, 15) is 9.59 Å². The summed E-state index contributed by atoms with van der Waals surface area (Å²) < 4.78 is 0. The number of nitrogens with one attached hydrogen (secondary N) is 1. The number of anilines is 2. The molecule has 4 nitrogen and oxygen atoms in total. The van der Waals surface area contributed by atoms with E-state index < -0.39 is 0 Å². The first-order valence-corrected chi connectivity index (χ1v) is 10.1. The lowest BCUT2D eigenvalue weighted by Gasteiger charge is -2.24. The van der Waals surface area contributed by atoms with Gasteiger partial charge in [0.15, 0.2) is 11.6 Å². The van der Waals surface area contributed by atoms with Crippen LogP contribution in [0.5, 0.6) is 0 Å². The molecule has 0 heterocycles. The highest BCUT2D eigenvalue weighted by atomic mass is 35.5. The highest BCUT2D eigenvalue weighted by Gasteiger charge is 2.24. The highest BCUT2D eigenvalue weighted by molar-refractivity contribution is 6.31. The zero-order valence-corrected chi connectivity index (χ0v) is 17.0. The van der Waals surface area contributed by atoms with E-state index in [0.717, 1.165) is 11.3 Å². The molecule has 0 fully saturated rings. The predicted molar refractivity (Wildman–Crippen MR) is 121 cm³/mol. The maximum atomic E-state index is 12.8. The van der Waals surface area contributed by atoms with Gasteiger partial charge in [-0.05, 0) is 42.2 Å². The van der Waals surface area contributed by atoms with Crippen LogP contribution in [0.25, 0.3) is 0 Å². The number of benzene rings is 3. The minimum atomic E-state index is -0.0821. The van der Waals surface area contributed by atoms with Gasteiger partial charge in [-0.3, -0.25) is 9.59 Å². The molecule has 5 heteroatoms. The fraction of sp³-hybridized carbons (Fsp3) is 0.120. The zero-order valence-electron chi connectivity index (χ0n) is 16.3. The molecule has 3 N–H and O–H groups in total. The summed E-state index contributed by atoms with van der Waals surface area (Å²) in [5, 5.41) is 3.92. The fourth-order valence-electron chi connectivity index (χ4n) is 3.74. The molecule has 0 saturated carbocycles. The van der Waals surface area contributed by atoms with E-state index in [1.807, 2.05) is 42.5 Å². The van der Waals surface area contributed by atoms with Crippen LogP contribution in [-0.2, 0) is 4.79 Å². The average molecular weight is 417 g/mol. The van der Waals surface area contributed by atoms with Crippen LogP contribution in [0, 0.1) is 0 Å². The summed E-state index contributed by atoms with van der Waals surface area (Å²) in [6.07, 6.45) is 2.65. The largest absolute Gasteiger partial charge is 0.397 e. The summed E-state index contributed by atoms with van der Waals surface area (Å²) in [7, 11) is 0. The van der Waals surface area contributed by atoms with Gasteiger partial charge in [-0.1, -0.05) is 60.1 Å². The van der Waals surface area contributed by atoms with Crippen LogP contribution in [0.4, 0.5) is 11.4 Å². The number of hydrogen-bond donors (Lipinski definition) is 2. The van der Waals surface area contributed by atoms with E-state index in [1.54, 1.807) is 36.4 Å². The normalized spacial score (nSPS) is 16.1. The molecule has 150 valence electrons. The lowest BCUT2D eigenvalue weighted by Crippen LogP contribution is -2.17. The molecular weight excluding hydrogens is 396 g/mol. The third kappa shape index (κ3) is 4.29. The number of ketones is 2. The molecule has 1 aliphatic carbocycles. The summed E-state index contributed by atoms with van der Waals surface area (Å²) in [6.45, 7) is 0. The number of nitrogen functional groups attached to an aromatic ring is 1. The van der Waals surface area contributed by atoms with Crippen molar-refractivity contribution < 1.29 is 9.59 Å². The first-order valence-electron chi connectivity index (χ1n) is 9.75. The van der Waals surface area contributed by atoms with Gasteiger partial charge in [0.25, 0.3) is 0 Å². The third-order valence-corrected chi connectivity index (χ3v) is 5.59. The van der Waals surface area contributed by atoms with Crippen molar-refractivity contribution in [3.63, 3.8) is 0 Å². The number of rotatable bonds is 5. The molecule has 0 aromatic heterocycles. The summed E-state index contributed by atoms with van der Waals surface area (Å²) in [5.41, 5.74) is 10.1. The second-order valence-electron chi connectivity index (χ2n) is 7.38. The van der Waals surface area contributed by atoms with Crippen LogP contribution in [-0.4, -0.2) is 11.6 Å². The Morgan fingerprint density at radius 1 is 0.933 bits per heavy atom. The van der Waals surface area contributed by atoms with Crippen molar-refractivity contribution in [2.24, 2.45) is 0 Å². The minimum absolute atomic E-state index is 0.00550. The second-order valence-corrected chi connectivity index (χ2v) is 7.79. The molecule has 3 aromatic rings. The molecule has 0 spiro atoms. The van der Waals surface area contributed by atoms with Gasteiger partial charge in [0.05, 0.1) is 11.4 Å². The van der Waals surface area contributed by atoms with Gasteiger partial charge in [0.1, 0.15) is 0 Å². The molecule has 0 radical (unpaired) electrons. The maximum absolute atomic E-state index is 12.8. The number of carbonyl (C=O) groups is 2. The van der Waals surface area contributed by atoms with E-state index in [0.29, 0.717) is 40.4 Å². The molecule has 0 saturated heterocycles. The molecule has 0 bridgehead atoms. The van der Waals surface area contributed by atoms with E-state index >= 15 is 0 Å². The lowest BCUT2D eigenvalue weighted by atomic mass is 9.85. The molecule has 1 aliphatic rings. The van der Waals surface area contributed by atoms with Crippen molar-refractivity contribution in [3.05, 3.63) is 106 Å². The van der Waals surface area contributed by atoms with Crippen LogP contribution in [0.15, 0.2) is 84.6 Å². The van der Waals surface area contributed by atoms with Crippen LogP contribution in [0.2, 0.25) is 5.02 Å². The van der Waals surface area contributed by atoms with E-state index in [4.69, 9.17) is 17.3 Å². The summed E-state index contributed by atoms with van der Waals surface area (Å²) in [6, 6.07) is 21.8. The molecule has 0 aliphatic heterocycles. The maximum Gasteiger partial charge on any atom is 0.193 e. The molecule has 4 rings (SSSR count). The van der Waals surface area contributed by atoms with Gasteiger partial charge in [-0.25, -0.2) is 0 Å². The standard InChI is InChI=1S/C25H21ClN2O2/c26-22-9-5-4-8-21(22)18-12-19(15-20(29)13-18)28-24-14-17(10-11-23(24)27)25(30)16-6-2-1-3-7-16/h1-11,14-15,18,28H,12-13,27H2. The zero-order chi connectivity index (χ0) is 21.1. The third-order valence-electron chi connectivity index (χ3n) is 5.24. The lowest BCUT2D eigenvalue weighted by molar-refractivity contribution is -0.115. The van der Waals surface area contributed by atoms with Gasteiger partial charge >= 0.3 is 0 Å². The van der Waals surface area contributed by atoms with Crippen molar-refractivity contribution in [3.8, 4) is 0 Å². The Hall–Kier alpha value is -3.37. The van der Waals surface area contributed by atoms with Crippen LogP contribution < -0.4 is 11.1 Å². The Morgan fingerprint density at radius 2 is 1.67 bits per heavy atom. The molecule has 3 aromatic carbocycles. The van der Waals surface area contributed by atoms with Crippen LogP contribution >= 0.6 is 11.6 Å². The predicted octanol–water partition coefficient (Wildman–Crippen LogP) is 5.60. The van der Waals surface area contributed by atoms with E-state index in [2.05, 4.69) is 5.32 Å². The van der Waals surface area contributed by atoms with Crippen LogP contribution in [0.3, 0.4) is 0 Å². The smallest absolute Gasteiger partial charge is 0.193 e. The molecular formula is C25H21ClN2O2. The molecule has 0 amide bonds. The number of carbonyl (C=O) groups excluding carboxylic acids is 2. The first-order chi connectivity index (χ1) is 14.5. The van der Waals surface area contributed by atoms with Gasteiger partial charge < -0.3 is 11.1 Å². The number of nitrogens with two attached hydrogens (primary N) is 1. The Balaban J connectivity index is 1.58. The Labute approximate surface area is 180 Å². The number of halogens is 1.